The van der Waals surface area contributed by atoms with Crippen LogP contribution in [-0.4, -0.2) is 33.2 Å². The summed E-state index contributed by atoms with van der Waals surface area (Å²) in [4.78, 5) is 6.11. The van der Waals surface area contributed by atoms with Crippen LogP contribution in [0.3, 0.4) is 0 Å². The second-order valence-electron chi connectivity index (χ2n) is 6.65. The number of hydroxylamine groups is 2. The number of aromatic nitrogens is 2. The van der Waals surface area contributed by atoms with Gasteiger partial charge in [0, 0.05) is 24.3 Å². The summed E-state index contributed by atoms with van der Waals surface area (Å²) >= 11 is 1.91. The molecule has 0 aliphatic carbocycles. The standard InChI is InChI=1S/C17H21N3OS/c1-11-14-15-13(17(2,3)21-19(15)4)10-22-16(14)20(18-11)12-8-6-5-7-9-12/h5-9,13,15H,10H2,1-4H3. The monoisotopic (exact) mass is 315 g/mol. The molecule has 0 N–H and O–H groups in total. The molecule has 1 aromatic carbocycles. The molecule has 22 heavy (non-hydrogen) atoms. The van der Waals surface area contributed by atoms with Gasteiger partial charge in [-0.05, 0) is 32.9 Å². The molecule has 2 aromatic rings. The van der Waals surface area contributed by atoms with Crippen LogP contribution in [0.15, 0.2) is 35.4 Å². The van der Waals surface area contributed by atoms with Crippen molar-refractivity contribution in [3.05, 3.63) is 41.6 Å². The van der Waals surface area contributed by atoms with Gasteiger partial charge in [-0.2, -0.15) is 10.2 Å². The quantitative estimate of drug-likeness (QED) is 0.804. The van der Waals surface area contributed by atoms with Crippen molar-refractivity contribution in [2.75, 3.05) is 12.8 Å². The molecule has 5 heteroatoms. The Hall–Kier alpha value is -1.30. The molecule has 116 valence electrons. The van der Waals surface area contributed by atoms with Crippen LogP contribution in [0, 0.1) is 12.8 Å². The van der Waals surface area contributed by atoms with Crippen LogP contribution in [-0.2, 0) is 4.84 Å². The zero-order chi connectivity index (χ0) is 15.5. The molecule has 4 nitrogen and oxygen atoms in total. The Bertz CT molecular complexity index is 710. The average molecular weight is 315 g/mol. The summed E-state index contributed by atoms with van der Waals surface area (Å²) in [5, 5.41) is 8.12. The Morgan fingerprint density at radius 2 is 2.00 bits per heavy atom. The van der Waals surface area contributed by atoms with Gasteiger partial charge in [0.1, 0.15) is 5.03 Å². The van der Waals surface area contributed by atoms with Gasteiger partial charge < -0.3 is 0 Å². The van der Waals surface area contributed by atoms with E-state index in [0.717, 1.165) is 17.1 Å². The Labute approximate surface area is 135 Å². The fourth-order valence-electron chi connectivity index (χ4n) is 3.71. The van der Waals surface area contributed by atoms with Crippen LogP contribution in [0.5, 0.6) is 0 Å². The molecule has 2 atom stereocenters. The number of hydrogen-bond donors (Lipinski definition) is 0. The Morgan fingerprint density at radius 1 is 1.27 bits per heavy atom. The molecule has 0 radical (unpaired) electrons. The molecular formula is C17H21N3OS. The van der Waals surface area contributed by atoms with E-state index >= 15 is 0 Å². The summed E-state index contributed by atoms with van der Waals surface area (Å²) in [7, 11) is 2.05. The third-order valence-corrected chi connectivity index (χ3v) is 6.00. The highest BCUT2D eigenvalue weighted by atomic mass is 32.2. The number of benzene rings is 1. The third kappa shape index (κ3) is 1.96. The highest BCUT2D eigenvalue weighted by Gasteiger charge is 2.52. The van der Waals surface area contributed by atoms with E-state index in [4.69, 9.17) is 9.94 Å². The predicted octanol–water partition coefficient (Wildman–Crippen LogP) is 3.60. The summed E-state index contributed by atoms with van der Waals surface area (Å²) < 4.78 is 2.09. The molecule has 0 saturated carbocycles. The number of aryl methyl sites for hydroxylation is 1. The maximum atomic E-state index is 6.11. The van der Waals surface area contributed by atoms with Gasteiger partial charge in [-0.15, -0.1) is 11.8 Å². The van der Waals surface area contributed by atoms with Gasteiger partial charge in [-0.3, -0.25) is 4.84 Å². The number of rotatable bonds is 1. The fourth-order valence-corrected chi connectivity index (χ4v) is 5.33. The van der Waals surface area contributed by atoms with Gasteiger partial charge in [0.2, 0.25) is 0 Å². The third-order valence-electron chi connectivity index (χ3n) is 4.80. The fraction of sp³-hybridized carbons (Fsp3) is 0.471. The lowest BCUT2D eigenvalue weighted by Gasteiger charge is -2.31. The van der Waals surface area contributed by atoms with E-state index in [0.29, 0.717) is 12.0 Å². The number of fused-ring (bicyclic) bond motifs is 3. The molecule has 1 fully saturated rings. The molecule has 1 saturated heterocycles. The van der Waals surface area contributed by atoms with Crippen molar-refractivity contribution in [3.63, 3.8) is 0 Å². The Kier molecular flexibility index (Phi) is 3.15. The van der Waals surface area contributed by atoms with Crippen LogP contribution in [0.2, 0.25) is 0 Å². The van der Waals surface area contributed by atoms with E-state index in [1.165, 1.54) is 10.6 Å². The number of thioether (sulfide) groups is 1. The SMILES string of the molecule is Cc1nn(-c2ccccc2)c2c1C1C(CS2)C(C)(C)ON1C. The van der Waals surface area contributed by atoms with E-state index in [1.54, 1.807) is 0 Å². The summed E-state index contributed by atoms with van der Waals surface area (Å²) in [6, 6.07) is 10.7. The molecule has 0 spiro atoms. The van der Waals surface area contributed by atoms with Crippen molar-refractivity contribution < 1.29 is 4.84 Å². The number of hydrogen-bond acceptors (Lipinski definition) is 4. The van der Waals surface area contributed by atoms with E-state index in [1.807, 2.05) is 29.9 Å². The second kappa shape index (κ2) is 4.85. The first-order valence-electron chi connectivity index (χ1n) is 7.69. The van der Waals surface area contributed by atoms with Crippen molar-refractivity contribution in [2.24, 2.45) is 5.92 Å². The summed E-state index contributed by atoms with van der Waals surface area (Å²) in [5.41, 5.74) is 3.44. The minimum atomic E-state index is -0.120. The van der Waals surface area contributed by atoms with Crippen LogP contribution >= 0.6 is 11.8 Å². The minimum absolute atomic E-state index is 0.120. The van der Waals surface area contributed by atoms with Crippen molar-refractivity contribution in [2.45, 2.75) is 37.4 Å². The van der Waals surface area contributed by atoms with Gasteiger partial charge >= 0.3 is 0 Å². The van der Waals surface area contributed by atoms with E-state index in [2.05, 4.69) is 49.7 Å². The first kappa shape index (κ1) is 14.3. The first-order chi connectivity index (χ1) is 10.5. The lowest BCUT2D eigenvalue weighted by Crippen LogP contribution is -2.33. The van der Waals surface area contributed by atoms with E-state index in [9.17, 15) is 0 Å². The second-order valence-corrected chi connectivity index (χ2v) is 7.66. The summed E-state index contributed by atoms with van der Waals surface area (Å²) in [5.74, 6) is 1.55. The molecule has 2 aliphatic heterocycles. The first-order valence-corrected chi connectivity index (χ1v) is 8.67. The van der Waals surface area contributed by atoms with Crippen LogP contribution < -0.4 is 0 Å². The molecule has 0 bridgehead atoms. The maximum Gasteiger partial charge on any atom is 0.105 e. The normalized spacial score (nSPS) is 26.7. The molecule has 2 aliphatic rings. The maximum absolute atomic E-state index is 6.11. The van der Waals surface area contributed by atoms with E-state index in [-0.39, 0.29) is 5.60 Å². The minimum Gasteiger partial charge on any atom is -0.292 e. The van der Waals surface area contributed by atoms with Gasteiger partial charge in [0.05, 0.1) is 23.0 Å². The topological polar surface area (TPSA) is 30.3 Å². The number of nitrogens with zero attached hydrogens (tertiary/aromatic N) is 3. The predicted molar refractivity (Wildman–Crippen MR) is 88.2 cm³/mol. The summed E-state index contributed by atoms with van der Waals surface area (Å²) in [6.45, 7) is 6.49. The van der Waals surface area contributed by atoms with Gasteiger partial charge in [0.25, 0.3) is 0 Å². The van der Waals surface area contributed by atoms with E-state index < -0.39 is 0 Å². The molecule has 0 amide bonds. The van der Waals surface area contributed by atoms with Crippen LogP contribution in [0.1, 0.15) is 31.1 Å². The number of para-hydroxylation sites is 1. The summed E-state index contributed by atoms with van der Waals surface area (Å²) in [6.07, 6.45) is 0. The van der Waals surface area contributed by atoms with Crippen molar-refractivity contribution in [3.8, 4) is 5.69 Å². The van der Waals surface area contributed by atoms with Gasteiger partial charge in [0.15, 0.2) is 0 Å². The average Bonchev–Trinajstić information content (AvgIpc) is 2.95. The van der Waals surface area contributed by atoms with Crippen LogP contribution in [0.4, 0.5) is 0 Å². The van der Waals surface area contributed by atoms with Gasteiger partial charge in [-0.25, -0.2) is 4.68 Å². The molecular weight excluding hydrogens is 294 g/mol. The lowest BCUT2D eigenvalue weighted by atomic mass is 9.84. The molecule has 2 unspecified atom stereocenters. The zero-order valence-corrected chi connectivity index (χ0v) is 14.2. The molecule has 4 rings (SSSR count). The van der Waals surface area contributed by atoms with Crippen LogP contribution in [0.25, 0.3) is 5.69 Å². The highest BCUT2D eigenvalue weighted by molar-refractivity contribution is 7.99. The van der Waals surface area contributed by atoms with Crippen molar-refractivity contribution in [1.82, 2.24) is 14.8 Å². The van der Waals surface area contributed by atoms with Crippen molar-refractivity contribution in [1.29, 1.82) is 0 Å². The molecule has 3 heterocycles. The smallest absolute Gasteiger partial charge is 0.105 e. The zero-order valence-electron chi connectivity index (χ0n) is 13.4. The Morgan fingerprint density at radius 3 is 2.73 bits per heavy atom. The molecule has 1 aromatic heterocycles. The largest absolute Gasteiger partial charge is 0.292 e. The lowest BCUT2D eigenvalue weighted by molar-refractivity contribution is -0.179. The Balaban J connectivity index is 1.85. The highest BCUT2D eigenvalue weighted by Crippen LogP contribution is 2.53. The van der Waals surface area contributed by atoms with Gasteiger partial charge in [-0.1, -0.05) is 18.2 Å². The van der Waals surface area contributed by atoms with Crippen molar-refractivity contribution >= 4 is 11.8 Å².